The van der Waals surface area contributed by atoms with E-state index in [1.807, 2.05) is 12.1 Å². The summed E-state index contributed by atoms with van der Waals surface area (Å²) in [5.41, 5.74) is 0.895. The van der Waals surface area contributed by atoms with E-state index in [1.165, 1.54) is 6.33 Å². The molecule has 0 bridgehead atoms. The van der Waals surface area contributed by atoms with E-state index in [9.17, 15) is 8.78 Å². The number of hydrogen-bond acceptors (Lipinski definition) is 6. The molecule has 0 atom stereocenters. The highest BCUT2D eigenvalue weighted by atomic mass is 35.5. The molecule has 0 aliphatic carbocycles. The number of pyridine rings is 1. The number of aromatic nitrogens is 3. The lowest BCUT2D eigenvalue weighted by molar-refractivity contribution is 0.378. The van der Waals surface area contributed by atoms with E-state index in [1.54, 1.807) is 31.5 Å². The predicted octanol–water partition coefficient (Wildman–Crippen LogP) is 5.41. The van der Waals surface area contributed by atoms with Crippen LogP contribution in [-0.4, -0.2) is 28.6 Å². The minimum Gasteiger partial charge on any atom is -0.493 e. The number of ether oxygens (including phenoxy) is 2. The summed E-state index contributed by atoms with van der Waals surface area (Å²) in [5.74, 6) is 0.671. The third kappa shape index (κ3) is 4.64. The minimum absolute atomic E-state index is 0.0276. The van der Waals surface area contributed by atoms with Gasteiger partial charge < -0.3 is 14.8 Å². The minimum atomic E-state index is -0.599. The van der Waals surface area contributed by atoms with Crippen LogP contribution in [0.25, 0.3) is 10.9 Å². The van der Waals surface area contributed by atoms with Gasteiger partial charge in [-0.3, -0.25) is 0 Å². The molecule has 2 heterocycles. The van der Waals surface area contributed by atoms with Gasteiger partial charge >= 0.3 is 0 Å². The van der Waals surface area contributed by atoms with Crippen LogP contribution in [0.15, 0.2) is 55.0 Å². The maximum absolute atomic E-state index is 14.2. The van der Waals surface area contributed by atoms with Crippen molar-refractivity contribution in [2.45, 2.75) is 6.42 Å². The molecule has 0 spiro atoms. The van der Waals surface area contributed by atoms with Crippen molar-refractivity contribution in [2.75, 3.05) is 19.0 Å². The lowest BCUT2D eigenvalue weighted by Gasteiger charge is -2.13. The molecule has 6 nitrogen and oxygen atoms in total. The molecule has 0 fully saturated rings. The average Bonchev–Trinajstić information content (AvgIpc) is 2.77. The molecule has 0 amide bonds. The number of methoxy groups -OCH3 is 1. The van der Waals surface area contributed by atoms with Crippen LogP contribution in [0.4, 0.5) is 14.6 Å². The fraction of sp³-hybridized carbons (Fsp3) is 0.136. The molecular weight excluding hydrogens is 426 g/mol. The van der Waals surface area contributed by atoms with Crippen LogP contribution in [0, 0.1) is 11.6 Å². The molecule has 0 saturated heterocycles. The molecule has 31 heavy (non-hydrogen) atoms. The van der Waals surface area contributed by atoms with Gasteiger partial charge in [-0.2, -0.15) is 0 Å². The van der Waals surface area contributed by atoms with E-state index in [4.69, 9.17) is 21.1 Å². The maximum Gasteiger partial charge on any atom is 0.169 e. The molecule has 4 aromatic rings. The van der Waals surface area contributed by atoms with Crippen molar-refractivity contribution in [1.29, 1.82) is 0 Å². The van der Waals surface area contributed by atoms with E-state index in [0.29, 0.717) is 35.4 Å². The van der Waals surface area contributed by atoms with Crippen molar-refractivity contribution in [2.24, 2.45) is 0 Å². The lowest BCUT2D eigenvalue weighted by Crippen LogP contribution is -2.08. The van der Waals surface area contributed by atoms with Crippen LogP contribution in [0.1, 0.15) is 5.56 Å². The van der Waals surface area contributed by atoms with Crippen LogP contribution < -0.4 is 14.8 Å². The number of halogens is 3. The Bertz CT molecular complexity index is 1240. The number of fused-ring (bicyclic) bond motifs is 1. The summed E-state index contributed by atoms with van der Waals surface area (Å²) in [6.07, 6.45) is 3.34. The number of nitrogens with zero attached hydrogens (tertiary/aromatic N) is 3. The molecule has 158 valence electrons. The third-order valence-electron chi connectivity index (χ3n) is 4.55. The largest absolute Gasteiger partial charge is 0.493 e. The second kappa shape index (κ2) is 9.09. The van der Waals surface area contributed by atoms with Crippen molar-refractivity contribution in [3.63, 3.8) is 0 Å². The Hall–Kier alpha value is -3.52. The monoisotopic (exact) mass is 442 g/mol. The Morgan fingerprint density at radius 1 is 0.968 bits per heavy atom. The van der Waals surface area contributed by atoms with Crippen LogP contribution in [0.3, 0.4) is 0 Å². The smallest absolute Gasteiger partial charge is 0.169 e. The topological polar surface area (TPSA) is 69.2 Å². The highest BCUT2D eigenvalue weighted by Gasteiger charge is 2.13. The summed E-state index contributed by atoms with van der Waals surface area (Å²) in [7, 11) is 1.55. The van der Waals surface area contributed by atoms with Crippen molar-refractivity contribution < 1.29 is 18.3 Å². The molecule has 2 aromatic heterocycles. The summed E-state index contributed by atoms with van der Waals surface area (Å²) in [6, 6.07) is 10.9. The fourth-order valence-corrected chi connectivity index (χ4v) is 3.25. The van der Waals surface area contributed by atoms with Gasteiger partial charge in [-0.25, -0.2) is 23.7 Å². The SMILES string of the molecule is COc1cc(CCNc2ncnc3c(F)ccc(F)c23)ccc1Oc1ccnc(Cl)c1. The molecule has 0 unspecified atom stereocenters. The molecule has 9 heteroatoms. The van der Waals surface area contributed by atoms with Gasteiger partial charge in [0.1, 0.15) is 40.2 Å². The summed E-state index contributed by atoms with van der Waals surface area (Å²) in [6.45, 7) is 0.436. The Morgan fingerprint density at radius 3 is 2.61 bits per heavy atom. The molecule has 0 aliphatic rings. The molecular formula is C22H17ClF2N4O2. The summed E-state index contributed by atoms with van der Waals surface area (Å²) >= 11 is 5.89. The van der Waals surface area contributed by atoms with E-state index >= 15 is 0 Å². The summed E-state index contributed by atoms with van der Waals surface area (Å²) < 4.78 is 39.4. The molecule has 1 N–H and O–H groups in total. The maximum atomic E-state index is 14.2. The van der Waals surface area contributed by atoms with E-state index in [-0.39, 0.29) is 16.7 Å². The van der Waals surface area contributed by atoms with Crippen LogP contribution in [-0.2, 0) is 6.42 Å². The zero-order chi connectivity index (χ0) is 21.8. The zero-order valence-corrected chi connectivity index (χ0v) is 17.2. The van der Waals surface area contributed by atoms with Crippen molar-refractivity contribution in [1.82, 2.24) is 15.0 Å². The van der Waals surface area contributed by atoms with Crippen LogP contribution in [0.5, 0.6) is 17.2 Å². The predicted molar refractivity (Wildman–Crippen MR) is 114 cm³/mol. The first-order valence-corrected chi connectivity index (χ1v) is 9.72. The molecule has 0 aliphatic heterocycles. The van der Waals surface area contributed by atoms with Crippen LogP contribution in [0.2, 0.25) is 5.15 Å². The first-order chi connectivity index (χ1) is 15.0. The van der Waals surface area contributed by atoms with Gasteiger partial charge in [-0.1, -0.05) is 17.7 Å². The Kier molecular flexibility index (Phi) is 6.08. The summed E-state index contributed by atoms with van der Waals surface area (Å²) in [4.78, 5) is 11.8. The summed E-state index contributed by atoms with van der Waals surface area (Å²) in [5, 5.41) is 3.41. The number of benzene rings is 2. The molecule has 0 radical (unpaired) electrons. The van der Waals surface area contributed by atoms with Gasteiger partial charge in [-0.15, -0.1) is 0 Å². The van der Waals surface area contributed by atoms with E-state index < -0.39 is 11.6 Å². The molecule has 0 saturated carbocycles. The second-order valence-electron chi connectivity index (χ2n) is 6.55. The number of nitrogens with one attached hydrogen (secondary N) is 1. The highest BCUT2D eigenvalue weighted by Crippen LogP contribution is 2.33. The van der Waals surface area contributed by atoms with Gasteiger partial charge in [0.05, 0.1) is 12.5 Å². The van der Waals surface area contributed by atoms with Crippen molar-refractivity contribution in [3.8, 4) is 17.2 Å². The van der Waals surface area contributed by atoms with Gasteiger partial charge in [0.2, 0.25) is 0 Å². The van der Waals surface area contributed by atoms with Gasteiger partial charge in [0.25, 0.3) is 0 Å². The quantitative estimate of drug-likeness (QED) is 0.386. The van der Waals surface area contributed by atoms with Gasteiger partial charge in [-0.05, 0) is 42.3 Å². The van der Waals surface area contributed by atoms with E-state index in [0.717, 1.165) is 17.7 Å². The number of rotatable bonds is 7. The zero-order valence-electron chi connectivity index (χ0n) is 16.4. The molecule has 4 rings (SSSR count). The lowest BCUT2D eigenvalue weighted by atomic mass is 10.1. The fourth-order valence-electron chi connectivity index (χ4n) is 3.09. The average molecular weight is 443 g/mol. The number of hydrogen-bond donors (Lipinski definition) is 1. The second-order valence-corrected chi connectivity index (χ2v) is 6.94. The third-order valence-corrected chi connectivity index (χ3v) is 4.76. The van der Waals surface area contributed by atoms with E-state index in [2.05, 4.69) is 20.3 Å². The standard InChI is InChI=1S/C22H17ClF2N4O2/c1-30-18-10-13(2-5-17(18)31-14-7-9-26-19(23)11-14)6-8-27-22-20-15(24)3-4-16(25)21(20)28-12-29-22/h2-5,7,9-12H,6,8H2,1H3,(H,27,28,29). The Labute approximate surface area is 181 Å². The van der Waals surface area contributed by atoms with Gasteiger partial charge in [0, 0.05) is 18.8 Å². The molecule has 2 aromatic carbocycles. The number of anilines is 1. The van der Waals surface area contributed by atoms with Crippen molar-refractivity contribution >= 4 is 28.3 Å². The van der Waals surface area contributed by atoms with Crippen molar-refractivity contribution in [3.05, 3.63) is 77.3 Å². The first-order valence-electron chi connectivity index (χ1n) is 9.34. The van der Waals surface area contributed by atoms with Crippen LogP contribution >= 0.6 is 11.6 Å². The van der Waals surface area contributed by atoms with Gasteiger partial charge in [0.15, 0.2) is 11.5 Å². The highest BCUT2D eigenvalue weighted by molar-refractivity contribution is 6.29. The normalized spacial score (nSPS) is 10.8. The Balaban J connectivity index is 1.47. The Morgan fingerprint density at radius 2 is 1.81 bits per heavy atom. The first kappa shape index (κ1) is 20.7.